The first-order valence-corrected chi connectivity index (χ1v) is 8.74. The van der Waals surface area contributed by atoms with E-state index in [2.05, 4.69) is 25.7 Å². The molecule has 2 aromatic rings. The zero-order valence-corrected chi connectivity index (χ0v) is 15.8. The molecule has 0 aromatic heterocycles. The van der Waals surface area contributed by atoms with Crippen LogP contribution >= 0.6 is 0 Å². The van der Waals surface area contributed by atoms with E-state index in [-0.39, 0.29) is 17.9 Å². The molecule has 0 saturated carbocycles. The van der Waals surface area contributed by atoms with Gasteiger partial charge in [-0.3, -0.25) is 15.0 Å². The van der Waals surface area contributed by atoms with E-state index in [0.717, 1.165) is 5.56 Å². The second-order valence-corrected chi connectivity index (χ2v) is 7.38. The molecule has 0 saturated heterocycles. The maximum atomic E-state index is 10.9. The number of hydrogen-bond acceptors (Lipinski definition) is 6. The van der Waals surface area contributed by atoms with E-state index in [9.17, 15) is 20.3 Å². The average Bonchev–Trinajstić information content (AvgIpc) is 2.60. The number of aliphatic hydroxyl groups is 1. The van der Waals surface area contributed by atoms with E-state index in [4.69, 9.17) is 4.74 Å². The Morgan fingerprint density at radius 3 is 2.41 bits per heavy atom. The van der Waals surface area contributed by atoms with E-state index in [1.807, 2.05) is 30.3 Å². The van der Waals surface area contributed by atoms with Crippen molar-refractivity contribution in [3.05, 3.63) is 64.2 Å². The van der Waals surface area contributed by atoms with Crippen molar-refractivity contribution in [1.82, 2.24) is 4.90 Å². The zero-order valence-electron chi connectivity index (χ0n) is 15.8. The van der Waals surface area contributed by atoms with Crippen molar-refractivity contribution in [2.24, 2.45) is 0 Å². The molecule has 2 rings (SSSR count). The van der Waals surface area contributed by atoms with Gasteiger partial charge in [-0.05, 0) is 32.4 Å². The quantitative estimate of drug-likeness (QED) is 0.543. The van der Waals surface area contributed by atoms with Crippen LogP contribution < -0.4 is 4.74 Å². The molecule has 0 aliphatic heterocycles. The summed E-state index contributed by atoms with van der Waals surface area (Å²) >= 11 is 0. The van der Waals surface area contributed by atoms with Crippen molar-refractivity contribution in [3.8, 4) is 11.5 Å². The predicted octanol–water partition coefficient (Wildman–Crippen LogP) is 3.34. The Morgan fingerprint density at radius 2 is 1.81 bits per heavy atom. The maximum Gasteiger partial charge on any atom is 0.314 e. The van der Waals surface area contributed by atoms with Gasteiger partial charge in [-0.25, -0.2) is 0 Å². The van der Waals surface area contributed by atoms with Gasteiger partial charge < -0.3 is 14.9 Å². The van der Waals surface area contributed by atoms with Crippen LogP contribution in [0.15, 0.2) is 48.5 Å². The first kappa shape index (κ1) is 20.7. The van der Waals surface area contributed by atoms with Crippen molar-refractivity contribution in [1.29, 1.82) is 0 Å². The lowest BCUT2D eigenvalue weighted by Gasteiger charge is -2.37. The van der Waals surface area contributed by atoms with Gasteiger partial charge >= 0.3 is 5.69 Å². The number of nitro groups is 1. The number of phenols is 1. The van der Waals surface area contributed by atoms with Gasteiger partial charge in [-0.1, -0.05) is 36.4 Å². The maximum absolute atomic E-state index is 10.9. The summed E-state index contributed by atoms with van der Waals surface area (Å²) in [5.74, 6) is -0.555. The molecule has 7 heteroatoms. The number of para-hydroxylation sites is 1. The van der Waals surface area contributed by atoms with Gasteiger partial charge in [0, 0.05) is 24.7 Å². The fraction of sp³-hybridized carbons (Fsp3) is 0.400. The molecule has 1 unspecified atom stereocenters. The molecule has 0 aliphatic carbocycles. The molecular formula is C20H26N2O5. The lowest BCUT2D eigenvalue weighted by molar-refractivity contribution is -0.386. The van der Waals surface area contributed by atoms with Crippen LogP contribution in [0.1, 0.15) is 26.3 Å². The summed E-state index contributed by atoms with van der Waals surface area (Å²) in [4.78, 5) is 12.3. The molecule has 1 atom stereocenters. The minimum atomic E-state index is -0.827. The zero-order chi connectivity index (χ0) is 20.0. The molecule has 7 nitrogen and oxygen atoms in total. The van der Waals surface area contributed by atoms with E-state index < -0.39 is 22.5 Å². The smallest absolute Gasteiger partial charge is 0.314 e. The topological polar surface area (TPSA) is 96.1 Å². The Kier molecular flexibility index (Phi) is 6.76. The Hall–Kier alpha value is -2.64. The van der Waals surface area contributed by atoms with E-state index >= 15 is 0 Å². The SMILES string of the molecule is CC(C)(C)N(Cc1ccccc1)CC(O)COc1cccc([N+](=O)[O-])c1O. The third-order valence-electron chi connectivity index (χ3n) is 4.20. The van der Waals surface area contributed by atoms with Crippen LogP contribution in [0, 0.1) is 10.1 Å². The van der Waals surface area contributed by atoms with Gasteiger partial charge in [0.25, 0.3) is 0 Å². The summed E-state index contributed by atoms with van der Waals surface area (Å²) < 4.78 is 5.42. The Balaban J connectivity index is 2.01. The molecule has 0 spiro atoms. The fourth-order valence-corrected chi connectivity index (χ4v) is 2.65. The number of rotatable bonds is 8. The average molecular weight is 374 g/mol. The Morgan fingerprint density at radius 1 is 1.15 bits per heavy atom. The summed E-state index contributed by atoms with van der Waals surface area (Å²) in [6.07, 6.45) is -0.827. The number of ether oxygens (including phenoxy) is 1. The highest BCUT2D eigenvalue weighted by Crippen LogP contribution is 2.35. The number of nitrogens with zero attached hydrogens (tertiary/aromatic N) is 2. The number of aliphatic hydroxyl groups excluding tert-OH is 1. The largest absolute Gasteiger partial charge is 0.500 e. The minimum absolute atomic E-state index is 0.0198. The van der Waals surface area contributed by atoms with Crippen LogP contribution in [0.4, 0.5) is 5.69 Å². The lowest BCUT2D eigenvalue weighted by Crippen LogP contribution is -2.46. The molecule has 27 heavy (non-hydrogen) atoms. The third kappa shape index (κ3) is 5.94. The number of β-amino-alcohol motifs (C(OH)–C–C–N with tert-alkyl or cyclic N) is 1. The van der Waals surface area contributed by atoms with Crippen LogP contribution in [0.5, 0.6) is 11.5 Å². The number of phenolic OH excluding ortho intramolecular Hbond substituents is 1. The van der Waals surface area contributed by atoms with Crippen LogP contribution in [0.2, 0.25) is 0 Å². The summed E-state index contributed by atoms with van der Waals surface area (Å²) in [5, 5.41) is 31.2. The van der Waals surface area contributed by atoms with Gasteiger partial charge in [0.05, 0.1) is 4.92 Å². The van der Waals surface area contributed by atoms with Crippen molar-refractivity contribution in [3.63, 3.8) is 0 Å². The van der Waals surface area contributed by atoms with E-state index in [1.54, 1.807) is 0 Å². The van der Waals surface area contributed by atoms with Crippen molar-refractivity contribution >= 4 is 5.69 Å². The van der Waals surface area contributed by atoms with Gasteiger partial charge in [0.2, 0.25) is 5.75 Å². The summed E-state index contributed by atoms with van der Waals surface area (Å²) in [6.45, 7) is 7.13. The second-order valence-electron chi connectivity index (χ2n) is 7.38. The molecule has 0 fully saturated rings. The molecular weight excluding hydrogens is 348 g/mol. The molecule has 0 heterocycles. The summed E-state index contributed by atoms with van der Waals surface area (Å²) in [7, 11) is 0. The minimum Gasteiger partial charge on any atom is -0.500 e. The van der Waals surface area contributed by atoms with Gasteiger partial charge in [-0.15, -0.1) is 0 Å². The second kappa shape index (κ2) is 8.83. The molecule has 0 bridgehead atoms. The van der Waals surface area contributed by atoms with Crippen LogP contribution in [0.25, 0.3) is 0 Å². The Bertz CT molecular complexity index is 759. The first-order valence-electron chi connectivity index (χ1n) is 8.74. The Labute approximate surface area is 159 Å². The van der Waals surface area contributed by atoms with Gasteiger partial charge in [-0.2, -0.15) is 0 Å². The molecule has 2 aromatic carbocycles. The van der Waals surface area contributed by atoms with E-state index in [1.165, 1.54) is 18.2 Å². The summed E-state index contributed by atoms with van der Waals surface area (Å²) in [5.41, 5.74) is 0.532. The number of nitro benzene ring substituents is 1. The van der Waals surface area contributed by atoms with Gasteiger partial charge in [0.15, 0.2) is 5.75 Å². The highest BCUT2D eigenvalue weighted by molar-refractivity contribution is 5.54. The van der Waals surface area contributed by atoms with Crippen molar-refractivity contribution in [2.75, 3.05) is 13.2 Å². The highest BCUT2D eigenvalue weighted by atomic mass is 16.6. The standard InChI is InChI=1S/C20H26N2O5/c1-20(2,3)21(12-15-8-5-4-6-9-15)13-16(23)14-27-18-11-7-10-17(19(18)24)22(25)26/h4-11,16,23-24H,12-14H2,1-3H3. The van der Waals surface area contributed by atoms with Crippen molar-refractivity contribution < 1.29 is 19.9 Å². The van der Waals surface area contributed by atoms with E-state index in [0.29, 0.717) is 13.1 Å². The molecule has 0 aliphatic rings. The fourth-order valence-electron chi connectivity index (χ4n) is 2.65. The third-order valence-corrected chi connectivity index (χ3v) is 4.20. The first-order chi connectivity index (χ1) is 12.7. The number of benzene rings is 2. The van der Waals surface area contributed by atoms with Crippen molar-refractivity contribution in [2.45, 2.75) is 39.0 Å². The summed E-state index contributed by atoms with van der Waals surface area (Å²) in [6, 6.07) is 14.0. The number of aromatic hydroxyl groups is 1. The molecule has 0 amide bonds. The predicted molar refractivity (Wildman–Crippen MR) is 103 cm³/mol. The van der Waals surface area contributed by atoms with Crippen LogP contribution in [-0.2, 0) is 6.54 Å². The van der Waals surface area contributed by atoms with Gasteiger partial charge in [0.1, 0.15) is 12.7 Å². The normalized spacial score (nSPS) is 12.8. The molecule has 0 radical (unpaired) electrons. The van der Waals surface area contributed by atoms with Crippen LogP contribution in [-0.4, -0.2) is 44.8 Å². The molecule has 146 valence electrons. The highest BCUT2D eigenvalue weighted by Gasteiger charge is 2.25. The molecule has 2 N–H and O–H groups in total. The number of hydrogen-bond donors (Lipinski definition) is 2. The lowest BCUT2D eigenvalue weighted by atomic mass is 10.0. The van der Waals surface area contributed by atoms with Crippen LogP contribution in [0.3, 0.4) is 0 Å². The monoisotopic (exact) mass is 374 g/mol.